The number of fused-ring (bicyclic) bond motifs is 1. The van der Waals surface area contributed by atoms with Gasteiger partial charge < -0.3 is 4.90 Å². The molecule has 0 saturated carbocycles. The van der Waals surface area contributed by atoms with Gasteiger partial charge in [-0.3, -0.25) is 0 Å². The number of nitrogens with zero attached hydrogens (tertiary/aromatic N) is 1. The van der Waals surface area contributed by atoms with Crippen molar-refractivity contribution in [3.05, 3.63) is 29.3 Å². The molecule has 2 rings (SSSR count). The Bertz CT molecular complexity index is 383. The van der Waals surface area contributed by atoms with Crippen LogP contribution in [0, 0.1) is 6.92 Å². The fourth-order valence-electron chi connectivity index (χ4n) is 3.04. The van der Waals surface area contributed by atoms with Gasteiger partial charge in [-0.2, -0.15) is 0 Å². The second-order valence-corrected chi connectivity index (χ2v) is 5.80. The minimum atomic E-state index is 0.739. The molecule has 0 radical (unpaired) electrons. The Morgan fingerprint density at radius 2 is 1.94 bits per heavy atom. The summed E-state index contributed by atoms with van der Waals surface area (Å²) in [4.78, 5) is 2.50. The monoisotopic (exact) mass is 245 g/mol. The molecule has 0 unspecified atom stereocenters. The zero-order chi connectivity index (χ0) is 13.0. The van der Waals surface area contributed by atoms with Crippen molar-refractivity contribution in [2.75, 3.05) is 11.9 Å². The van der Waals surface area contributed by atoms with E-state index in [9.17, 15) is 0 Å². The van der Waals surface area contributed by atoms with Crippen LogP contribution in [-0.2, 0) is 6.42 Å². The summed E-state index contributed by atoms with van der Waals surface area (Å²) in [5, 5.41) is 0. The van der Waals surface area contributed by atoms with Crippen molar-refractivity contribution in [3.8, 4) is 0 Å². The third-order valence-corrected chi connectivity index (χ3v) is 4.26. The summed E-state index contributed by atoms with van der Waals surface area (Å²) in [7, 11) is 2.27. The van der Waals surface area contributed by atoms with E-state index in [1.165, 1.54) is 56.2 Å². The molecule has 1 aromatic carbocycles. The first-order valence-corrected chi connectivity index (χ1v) is 7.54. The average molecular weight is 245 g/mol. The quantitative estimate of drug-likeness (QED) is 0.656. The molecule has 1 aliphatic rings. The van der Waals surface area contributed by atoms with Crippen molar-refractivity contribution in [3.63, 3.8) is 0 Å². The Morgan fingerprint density at radius 3 is 2.72 bits per heavy atom. The molecule has 0 aliphatic carbocycles. The molecule has 100 valence electrons. The van der Waals surface area contributed by atoms with E-state index in [0.717, 1.165) is 6.04 Å². The first kappa shape index (κ1) is 13.5. The second kappa shape index (κ2) is 6.26. The molecule has 1 heterocycles. The first-order chi connectivity index (χ1) is 8.72. The predicted molar refractivity (Wildman–Crippen MR) is 80.5 cm³/mol. The summed E-state index contributed by atoms with van der Waals surface area (Å²) in [6, 6.07) is 7.64. The Kier molecular flexibility index (Phi) is 4.68. The van der Waals surface area contributed by atoms with Crippen LogP contribution >= 0.6 is 0 Å². The largest absolute Gasteiger partial charge is 0.371 e. The highest BCUT2D eigenvalue weighted by Crippen LogP contribution is 2.33. The Morgan fingerprint density at radius 1 is 1.17 bits per heavy atom. The molecule has 1 heteroatoms. The summed E-state index contributed by atoms with van der Waals surface area (Å²) >= 11 is 0. The van der Waals surface area contributed by atoms with E-state index in [1.807, 2.05) is 0 Å². The van der Waals surface area contributed by atoms with Gasteiger partial charge in [-0.15, -0.1) is 0 Å². The van der Waals surface area contributed by atoms with Crippen molar-refractivity contribution in [1.82, 2.24) is 0 Å². The third-order valence-electron chi connectivity index (χ3n) is 4.26. The average Bonchev–Trinajstić information content (AvgIpc) is 2.67. The molecular formula is C17H27N. The van der Waals surface area contributed by atoms with Crippen LogP contribution in [0.5, 0.6) is 0 Å². The lowest BCUT2D eigenvalue weighted by Gasteiger charge is -2.22. The molecule has 0 aromatic heterocycles. The van der Waals surface area contributed by atoms with E-state index in [1.54, 1.807) is 5.56 Å². The smallest absolute Gasteiger partial charge is 0.0402 e. The maximum absolute atomic E-state index is 2.50. The molecule has 0 N–H and O–H groups in total. The van der Waals surface area contributed by atoms with Crippen molar-refractivity contribution in [2.24, 2.45) is 0 Å². The molecule has 0 bridgehead atoms. The summed E-state index contributed by atoms with van der Waals surface area (Å²) in [6.45, 7) is 4.47. The lowest BCUT2D eigenvalue weighted by molar-refractivity contribution is 0.538. The number of hydrogen-bond acceptors (Lipinski definition) is 1. The summed E-state index contributed by atoms with van der Waals surface area (Å²) < 4.78 is 0. The van der Waals surface area contributed by atoms with Crippen molar-refractivity contribution < 1.29 is 0 Å². The van der Waals surface area contributed by atoms with Crippen molar-refractivity contribution in [1.29, 1.82) is 0 Å². The highest BCUT2D eigenvalue weighted by Gasteiger charge is 2.25. The van der Waals surface area contributed by atoms with E-state index in [0.29, 0.717) is 0 Å². The zero-order valence-corrected chi connectivity index (χ0v) is 12.2. The minimum Gasteiger partial charge on any atom is -0.371 e. The lowest BCUT2D eigenvalue weighted by Crippen LogP contribution is -2.27. The molecule has 0 fully saturated rings. The van der Waals surface area contributed by atoms with Gasteiger partial charge in [-0.25, -0.2) is 0 Å². The van der Waals surface area contributed by atoms with Crippen LogP contribution in [0.2, 0.25) is 0 Å². The summed E-state index contributed by atoms with van der Waals surface area (Å²) in [5.41, 5.74) is 4.39. The molecule has 18 heavy (non-hydrogen) atoms. The molecule has 0 spiro atoms. The first-order valence-electron chi connectivity index (χ1n) is 7.54. The number of anilines is 1. The highest BCUT2D eigenvalue weighted by molar-refractivity contribution is 5.60. The fourth-order valence-corrected chi connectivity index (χ4v) is 3.04. The number of likely N-dealkylation sites (N-methyl/N-ethyl adjacent to an activating group) is 1. The van der Waals surface area contributed by atoms with Gasteiger partial charge in [0.1, 0.15) is 0 Å². The van der Waals surface area contributed by atoms with Gasteiger partial charge in [-0.1, -0.05) is 51.2 Å². The maximum Gasteiger partial charge on any atom is 0.0402 e. The normalized spacial score (nSPS) is 18.2. The maximum atomic E-state index is 2.50. The predicted octanol–water partition coefficient (Wildman–Crippen LogP) is 4.72. The number of hydrogen-bond donors (Lipinski definition) is 0. The minimum absolute atomic E-state index is 0.739. The van der Waals surface area contributed by atoms with E-state index in [-0.39, 0.29) is 0 Å². The topological polar surface area (TPSA) is 3.24 Å². The Labute approximate surface area is 112 Å². The SMILES string of the molecule is CCCCCCC[C@H]1Cc2ccc(C)cc2N1C. The Balaban J connectivity index is 1.83. The zero-order valence-electron chi connectivity index (χ0n) is 12.2. The molecule has 0 amide bonds. The van der Waals surface area contributed by atoms with E-state index < -0.39 is 0 Å². The molecule has 1 aliphatic heterocycles. The second-order valence-electron chi connectivity index (χ2n) is 5.80. The van der Waals surface area contributed by atoms with Crippen LogP contribution < -0.4 is 4.90 Å². The van der Waals surface area contributed by atoms with Crippen LogP contribution in [0.1, 0.15) is 56.6 Å². The number of unbranched alkanes of at least 4 members (excludes halogenated alkanes) is 4. The van der Waals surface area contributed by atoms with Gasteiger partial charge in [0.15, 0.2) is 0 Å². The van der Waals surface area contributed by atoms with Crippen molar-refractivity contribution in [2.45, 2.75) is 64.8 Å². The van der Waals surface area contributed by atoms with Gasteiger partial charge in [0.05, 0.1) is 0 Å². The van der Waals surface area contributed by atoms with Crippen molar-refractivity contribution >= 4 is 5.69 Å². The van der Waals surface area contributed by atoms with Gasteiger partial charge in [0.25, 0.3) is 0 Å². The third kappa shape index (κ3) is 3.07. The number of aryl methyl sites for hydroxylation is 1. The summed E-state index contributed by atoms with van der Waals surface area (Å²) in [6.07, 6.45) is 9.57. The van der Waals surface area contributed by atoms with Gasteiger partial charge in [0.2, 0.25) is 0 Å². The molecule has 1 aromatic rings. The molecule has 0 saturated heterocycles. The standard InChI is InChI=1S/C17H27N/c1-4-5-6-7-8-9-16-13-15-11-10-14(2)12-17(15)18(16)3/h10-12,16H,4-9,13H2,1-3H3/t16-/m0/s1. The van der Waals surface area contributed by atoms with E-state index in [2.05, 4.69) is 44.0 Å². The lowest BCUT2D eigenvalue weighted by atomic mass is 10.0. The molecular weight excluding hydrogens is 218 g/mol. The fraction of sp³-hybridized carbons (Fsp3) is 0.647. The van der Waals surface area contributed by atoms with Crippen LogP contribution in [0.3, 0.4) is 0 Å². The highest BCUT2D eigenvalue weighted by atomic mass is 15.2. The molecule has 1 atom stereocenters. The summed E-state index contributed by atoms with van der Waals surface area (Å²) in [5.74, 6) is 0. The van der Waals surface area contributed by atoms with E-state index in [4.69, 9.17) is 0 Å². The van der Waals surface area contributed by atoms with E-state index >= 15 is 0 Å². The number of rotatable bonds is 6. The van der Waals surface area contributed by atoms with Gasteiger partial charge in [-0.05, 0) is 37.0 Å². The Hall–Kier alpha value is -0.980. The van der Waals surface area contributed by atoms with Gasteiger partial charge >= 0.3 is 0 Å². The van der Waals surface area contributed by atoms with Crippen LogP contribution in [0.25, 0.3) is 0 Å². The number of benzene rings is 1. The van der Waals surface area contributed by atoms with Crippen LogP contribution in [0.4, 0.5) is 5.69 Å². The van der Waals surface area contributed by atoms with Gasteiger partial charge in [0, 0.05) is 18.8 Å². The molecule has 1 nitrogen and oxygen atoms in total. The van der Waals surface area contributed by atoms with Crippen LogP contribution in [-0.4, -0.2) is 13.1 Å². The van der Waals surface area contributed by atoms with Crippen LogP contribution in [0.15, 0.2) is 18.2 Å².